The maximum absolute atomic E-state index is 13.6. The fraction of sp³-hybridized carbons (Fsp3) is 0.500. The molecule has 112 valence electrons. The Balaban J connectivity index is 2.30. The van der Waals surface area contributed by atoms with Crippen LogP contribution in [0.3, 0.4) is 0 Å². The van der Waals surface area contributed by atoms with Crippen molar-refractivity contribution in [1.82, 2.24) is 10.0 Å². The molecule has 1 fully saturated rings. The van der Waals surface area contributed by atoms with Gasteiger partial charge in [0.2, 0.25) is 10.0 Å². The molecule has 8 heteroatoms. The number of ether oxygens (including phenoxy) is 1. The van der Waals surface area contributed by atoms with Gasteiger partial charge in [0.05, 0.1) is 11.6 Å². The van der Waals surface area contributed by atoms with E-state index >= 15 is 0 Å². The van der Waals surface area contributed by atoms with Gasteiger partial charge in [-0.25, -0.2) is 17.5 Å². The first-order chi connectivity index (χ1) is 9.44. The molecule has 0 aromatic heterocycles. The molecule has 0 spiro atoms. The molecule has 1 aliphatic rings. The Labute approximate surface area is 126 Å². The van der Waals surface area contributed by atoms with Crippen molar-refractivity contribution in [2.24, 2.45) is 0 Å². The zero-order chi connectivity index (χ0) is 14.8. The van der Waals surface area contributed by atoms with Crippen LogP contribution in [0.2, 0.25) is 0 Å². The van der Waals surface area contributed by atoms with Crippen LogP contribution in [0.5, 0.6) is 5.75 Å². The third kappa shape index (κ3) is 3.49. The molecule has 1 saturated heterocycles. The normalized spacial score (nSPS) is 19.9. The van der Waals surface area contributed by atoms with Crippen molar-refractivity contribution in [2.75, 3.05) is 20.2 Å². The van der Waals surface area contributed by atoms with Gasteiger partial charge in [-0.3, -0.25) is 0 Å². The smallest absolute Gasteiger partial charge is 0.244 e. The summed E-state index contributed by atoms with van der Waals surface area (Å²) in [6.07, 6.45) is 1.66. The van der Waals surface area contributed by atoms with Gasteiger partial charge in [0.15, 0.2) is 0 Å². The number of hydrogen-bond donors (Lipinski definition) is 2. The minimum absolute atomic E-state index is 0.106. The van der Waals surface area contributed by atoms with Gasteiger partial charge in [-0.2, -0.15) is 0 Å². The van der Waals surface area contributed by atoms with Crippen LogP contribution in [0.15, 0.2) is 21.5 Å². The molecule has 0 aliphatic carbocycles. The van der Waals surface area contributed by atoms with Gasteiger partial charge in [0, 0.05) is 12.6 Å². The molecule has 1 aromatic carbocycles. The quantitative estimate of drug-likeness (QED) is 0.849. The molecular weight excluding hydrogens is 351 g/mol. The standard InChI is InChI=1S/C12H16BrFN2O3S/c1-19-11-5-9(13)10(14)6-12(11)20(17,18)16-8-3-2-4-15-7-8/h5-6,8,15-16H,2-4,7H2,1H3. The van der Waals surface area contributed by atoms with Crippen molar-refractivity contribution in [3.8, 4) is 5.75 Å². The summed E-state index contributed by atoms with van der Waals surface area (Å²) < 4.78 is 46.0. The second-order valence-corrected chi connectivity index (χ2v) is 7.12. The van der Waals surface area contributed by atoms with Crippen LogP contribution < -0.4 is 14.8 Å². The zero-order valence-corrected chi connectivity index (χ0v) is 13.4. The van der Waals surface area contributed by atoms with E-state index in [4.69, 9.17) is 4.74 Å². The zero-order valence-electron chi connectivity index (χ0n) is 10.9. The summed E-state index contributed by atoms with van der Waals surface area (Å²) in [6.45, 7) is 1.45. The van der Waals surface area contributed by atoms with Gasteiger partial charge in [0.1, 0.15) is 16.5 Å². The largest absolute Gasteiger partial charge is 0.495 e. The summed E-state index contributed by atoms with van der Waals surface area (Å²) in [4.78, 5) is -0.189. The molecule has 1 unspecified atom stereocenters. The number of sulfonamides is 1. The van der Waals surface area contributed by atoms with Gasteiger partial charge >= 0.3 is 0 Å². The predicted molar refractivity (Wildman–Crippen MR) is 76.9 cm³/mol. The second kappa shape index (κ2) is 6.38. The maximum Gasteiger partial charge on any atom is 0.244 e. The first-order valence-corrected chi connectivity index (χ1v) is 8.48. The fourth-order valence-corrected chi connectivity index (χ4v) is 3.87. The highest BCUT2D eigenvalue weighted by Gasteiger charge is 2.26. The highest BCUT2D eigenvalue weighted by atomic mass is 79.9. The Morgan fingerprint density at radius 3 is 2.85 bits per heavy atom. The van der Waals surface area contributed by atoms with Crippen molar-refractivity contribution in [3.63, 3.8) is 0 Å². The number of benzene rings is 1. The van der Waals surface area contributed by atoms with Gasteiger partial charge in [0.25, 0.3) is 0 Å². The number of rotatable bonds is 4. The average Bonchev–Trinajstić information content (AvgIpc) is 2.42. The van der Waals surface area contributed by atoms with E-state index in [0.29, 0.717) is 6.54 Å². The van der Waals surface area contributed by atoms with Gasteiger partial charge < -0.3 is 10.1 Å². The Bertz CT molecular complexity index is 589. The monoisotopic (exact) mass is 366 g/mol. The molecule has 1 heterocycles. The van der Waals surface area contributed by atoms with Crippen molar-refractivity contribution in [1.29, 1.82) is 0 Å². The van der Waals surface area contributed by atoms with E-state index in [-0.39, 0.29) is 21.2 Å². The van der Waals surface area contributed by atoms with Crippen LogP contribution in [-0.4, -0.2) is 34.7 Å². The lowest BCUT2D eigenvalue weighted by Crippen LogP contribution is -2.45. The second-order valence-electron chi connectivity index (χ2n) is 4.58. The molecule has 2 N–H and O–H groups in total. The Morgan fingerprint density at radius 2 is 2.25 bits per heavy atom. The summed E-state index contributed by atoms with van der Waals surface area (Å²) in [5, 5.41) is 3.12. The molecule has 1 atom stereocenters. The summed E-state index contributed by atoms with van der Waals surface area (Å²) in [5.41, 5.74) is 0. The molecule has 20 heavy (non-hydrogen) atoms. The van der Waals surface area contributed by atoms with Gasteiger partial charge in [-0.05, 0) is 47.4 Å². The molecule has 0 amide bonds. The fourth-order valence-electron chi connectivity index (χ4n) is 2.12. The van der Waals surface area contributed by atoms with E-state index in [1.54, 1.807) is 0 Å². The molecule has 0 bridgehead atoms. The highest BCUT2D eigenvalue weighted by Crippen LogP contribution is 2.30. The molecule has 1 aliphatic heterocycles. The first kappa shape index (κ1) is 15.7. The lowest BCUT2D eigenvalue weighted by Gasteiger charge is -2.24. The Kier molecular flexibility index (Phi) is 5.00. The predicted octanol–water partition coefficient (Wildman–Crippen LogP) is 1.63. The molecule has 2 rings (SSSR count). The Morgan fingerprint density at radius 1 is 1.50 bits per heavy atom. The van der Waals surface area contributed by atoms with Crippen molar-refractivity contribution < 1.29 is 17.5 Å². The van der Waals surface area contributed by atoms with Crippen LogP contribution in [0.4, 0.5) is 4.39 Å². The average molecular weight is 367 g/mol. The van der Waals surface area contributed by atoms with Crippen LogP contribution in [-0.2, 0) is 10.0 Å². The van der Waals surface area contributed by atoms with E-state index in [0.717, 1.165) is 25.5 Å². The molecular formula is C12H16BrFN2O3S. The number of hydrogen-bond acceptors (Lipinski definition) is 4. The first-order valence-electron chi connectivity index (χ1n) is 6.20. The summed E-state index contributed by atoms with van der Waals surface area (Å²) in [5.74, 6) is -0.539. The Hall–Kier alpha value is -0.700. The number of methoxy groups -OCH3 is 1. The number of nitrogens with one attached hydrogen (secondary N) is 2. The molecule has 5 nitrogen and oxygen atoms in total. The van der Waals surface area contributed by atoms with E-state index in [1.165, 1.54) is 13.2 Å². The lowest BCUT2D eigenvalue weighted by atomic mass is 10.1. The summed E-state index contributed by atoms with van der Waals surface area (Å²) in [6, 6.07) is 2.08. The van der Waals surface area contributed by atoms with E-state index < -0.39 is 15.8 Å². The maximum atomic E-state index is 13.6. The number of piperidine rings is 1. The minimum atomic E-state index is -3.82. The lowest BCUT2D eigenvalue weighted by molar-refractivity contribution is 0.397. The third-order valence-electron chi connectivity index (χ3n) is 3.11. The van der Waals surface area contributed by atoms with Crippen LogP contribution in [0.25, 0.3) is 0 Å². The van der Waals surface area contributed by atoms with Crippen LogP contribution in [0.1, 0.15) is 12.8 Å². The van der Waals surface area contributed by atoms with E-state index in [1.807, 2.05) is 0 Å². The van der Waals surface area contributed by atoms with Crippen molar-refractivity contribution in [3.05, 3.63) is 22.4 Å². The van der Waals surface area contributed by atoms with Crippen LogP contribution in [0, 0.1) is 5.82 Å². The molecule has 1 aromatic rings. The van der Waals surface area contributed by atoms with Crippen LogP contribution >= 0.6 is 15.9 Å². The van der Waals surface area contributed by atoms with E-state index in [2.05, 4.69) is 26.0 Å². The van der Waals surface area contributed by atoms with Crippen molar-refractivity contribution >= 4 is 26.0 Å². The van der Waals surface area contributed by atoms with E-state index in [9.17, 15) is 12.8 Å². The van der Waals surface area contributed by atoms with Crippen molar-refractivity contribution in [2.45, 2.75) is 23.8 Å². The van der Waals surface area contributed by atoms with Gasteiger partial charge in [-0.15, -0.1) is 0 Å². The third-order valence-corrected chi connectivity index (χ3v) is 5.26. The van der Waals surface area contributed by atoms with Gasteiger partial charge in [-0.1, -0.05) is 0 Å². The number of halogens is 2. The minimum Gasteiger partial charge on any atom is -0.495 e. The summed E-state index contributed by atoms with van der Waals surface area (Å²) in [7, 11) is -2.47. The SMILES string of the molecule is COc1cc(Br)c(F)cc1S(=O)(=O)NC1CCCNC1. The highest BCUT2D eigenvalue weighted by molar-refractivity contribution is 9.10. The summed E-state index contributed by atoms with van der Waals surface area (Å²) >= 11 is 3.01. The topological polar surface area (TPSA) is 67.4 Å². The molecule has 0 saturated carbocycles. The molecule has 0 radical (unpaired) electrons.